The first kappa shape index (κ1) is 38.7. The van der Waals surface area contributed by atoms with Crippen LogP contribution >= 0.6 is 0 Å². The second-order valence-corrected chi connectivity index (χ2v) is 15.0. The van der Waals surface area contributed by atoms with Crippen molar-refractivity contribution in [2.24, 2.45) is 0 Å². The molecule has 284 valence electrons. The zero-order valence-corrected chi connectivity index (χ0v) is 28.6. The number of halogens is 6. The zero-order valence-electron chi connectivity index (χ0n) is 27.0. The van der Waals surface area contributed by atoms with Crippen molar-refractivity contribution >= 4 is 84.9 Å². The number of benzene rings is 8. The Morgan fingerprint density at radius 2 is 0.636 bits per heavy atom. The second-order valence-electron chi connectivity index (χ2n) is 11.9. The van der Waals surface area contributed by atoms with Crippen LogP contribution < -0.4 is 8.37 Å². The molecule has 0 fully saturated rings. The third-order valence-electron chi connectivity index (χ3n) is 8.56. The molecule has 16 heteroatoms. The number of phenols is 2. The minimum absolute atomic E-state index is 0. The summed E-state index contributed by atoms with van der Waals surface area (Å²) in [6, 6.07) is 31.8. The number of phenolic OH excluding ortho intramolecular Hbond substituents is 2. The fourth-order valence-electron chi connectivity index (χ4n) is 6.30. The lowest BCUT2D eigenvalue weighted by molar-refractivity contribution is -0.0504. The van der Waals surface area contributed by atoms with Crippen LogP contribution in [0.15, 0.2) is 121 Å². The summed E-state index contributed by atoms with van der Waals surface area (Å²) >= 11 is 0. The van der Waals surface area contributed by atoms with E-state index in [4.69, 9.17) is 0 Å². The second kappa shape index (κ2) is 13.7. The van der Waals surface area contributed by atoms with Gasteiger partial charge in [-0.1, -0.05) is 68.1 Å². The number of fused-ring (bicyclic) bond motifs is 12. The molecule has 0 atom stereocenters. The molecule has 0 spiro atoms. The lowest BCUT2D eigenvalue weighted by Crippen LogP contribution is -2.28. The molecule has 8 aromatic carbocycles. The van der Waals surface area contributed by atoms with E-state index in [-0.39, 0.29) is 29.7 Å². The highest BCUT2D eigenvalue weighted by Crippen LogP contribution is 2.41. The molecule has 0 bridgehead atoms. The summed E-state index contributed by atoms with van der Waals surface area (Å²) in [7, 11) is -11.8. The smallest absolute Gasteiger partial charge is 0.508 e. The number of aromatic hydroxyl groups is 2. The highest BCUT2D eigenvalue weighted by molar-refractivity contribution is 7.88. The Balaban J connectivity index is 0.000000207. The average molecular weight is 801 g/mol. The van der Waals surface area contributed by atoms with E-state index in [9.17, 15) is 53.4 Å². The Kier molecular flexibility index (Phi) is 9.64. The van der Waals surface area contributed by atoms with Gasteiger partial charge in [-0.2, -0.15) is 43.2 Å². The third kappa shape index (κ3) is 7.05. The molecule has 0 amide bonds. The molecule has 0 aromatic heterocycles. The number of hydrogen-bond acceptors (Lipinski definition) is 8. The molecule has 55 heavy (non-hydrogen) atoms. The molecule has 0 aliphatic carbocycles. The Morgan fingerprint density at radius 3 is 0.927 bits per heavy atom. The quantitative estimate of drug-likeness (QED) is 0.0779. The fourth-order valence-corrected chi connectivity index (χ4v) is 7.20. The molecule has 8 aromatic rings. The lowest BCUT2D eigenvalue weighted by Gasteiger charge is -2.14. The third-order valence-corrected chi connectivity index (χ3v) is 10.5. The Labute approximate surface area is 308 Å². The van der Waals surface area contributed by atoms with Gasteiger partial charge in [-0.3, -0.25) is 0 Å². The van der Waals surface area contributed by atoms with E-state index < -0.39 is 42.8 Å². The lowest BCUT2D eigenvalue weighted by atomic mass is 9.94. The van der Waals surface area contributed by atoms with Crippen molar-refractivity contribution < 1.29 is 61.8 Å². The first-order valence-electron chi connectivity index (χ1n) is 15.5. The van der Waals surface area contributed by atoms with Gasteiger partial charge in [0, 0.05) is 0 Å². The maximum Gasteiger partial charge on any atom is 0.534 e. The standard InChI is InChI=1S/C20H10F6O6S2.C18H12O2.CH4/c21-19(22,23)33(27,28)31-11-5-7-15-16-8-6-12(32-34(29,30)20(24,25)26)10-18(16)14-4-2-1-3-13(14)17(15)9-11;19-11-5-7-15-16-8-6-12(20)10-18(16)14-4-2-1-3-13(14)17(15)9-11;/h1-10H;1-10,19-20H;1H4. The first-order chi connectivity index (χ1) is 25.3. The minimum Gasteiger partial charge on any atom is -0.508 e. The molecule has 8 nitrogen and oxygen atoms in total. The van der Waals surface area contributed by atoms with Gasteiger partial charge in [0.1, 0.15) is 23.0 Å². The van der Waals surface area contributed by atoms with E-state index in [1.165, 1.54) is 12.1 Å². The van der Waals surface area contributed by atoms with Crippen molar-refractivity contribution in [3.05, 3.63) is 121 Å². The van der Waals surface area contributed by atoms with Crippen LogP contribution in [0.25, 0.3) is 64.6 Å². The van der Waals surface area contributed by atoms with Crippen LogP contribution in [0.5, 0.6) is 23.0 Å². The van der Waals surface area contributed by atoms with Gasteiger partial charge >= 0.3 is 31.3 Å². The SMILES string of the molecule is C.O=S(=O)(Oc1ccc2c3ccc(OS(=O)(=O)C(F)(F)F)cc3c3ccccc3c2c1)C(F)(F)F.Oc1ccc2c3ccc(O)cc3c3ccccc3c2c1. The Bertz CT molecular complexity index is 2790. The van der Waals surface area contributed by atoms with Crippen LogP contribution in [0.3, 0.4) is 0 Å². The molecule has 8 rings (SSSR count). The Morgan fingerprint density at radius 1 is 0.382 bits per heavy atom. The predicted octanol–water partition coefficient (Wildman–Crippen LogP) is 10.8. The molecule has 0 unspecified atom stereocenters. The van der Waals surface area contributed by atoms with Gasteiger partial charge in [-0.15, -0.1) is 0 Å². The topological polar surface area (TPSA) is 127 Å². The first-order valence-corrected chi connectivity index (χ1v) is 18.3. The summed E-state index contributed by atoms with van der Waals surface area (Å²) in [6.07, 6.45) is 0. The average Bonchev–Trinajstić information content (AvgIpc) is 3.11. The fraction of sp³-hybridized carbons (Fsp3) is 0.0769. The van der Waals surface area contributed by atoms with Crippen molar-refractivity contribution in [2.45, 2.75) is 18.4 Å². The predicted molar refractivity (Wildman–Crippen MR) is 199 cm³/mol. The maximum atomic E-state index is 12.7. The molecule has 0 aliphatic rings. The molecule has 0 saturated heterocycles. The highest BCUT2D eigenvalue weighted by atomic mass is 32.2. The summed E-state index contributed by atoms with van der Waals surface area (Å²) in [4.78, 5) is 0. The summed E-state index contributed by atoms with van der Waals surface area (Å²) in [6.45, 7) is 0. The molecular weight excluding hydrogens is 775 g/mol. The van der Waals surface area contributed by atoms with E-state index in [0.717, 1.165) is 56.6 Å². The van der Waals surface area contributed by atoms with Crippen molar-refractivity contribution in [2.75, 3.05) is 0 Å². The van der Waals surface area contributed by atoms with Gasteiger partial charge in [0.2, 0.25) is 0 Å². The number of rotatable bonds is 4. The van der Waals surface area contributed by atoms with Crippen LogP contribution in [0.2, 0.25) is 0 Å². The molecule has 0 radical (unpaired) electrons. The van der Waals surface area contributed by atoms with Gasteiger partial charge < -0.3 is 18.6 Å². The van der Waals surface area contributed by atoms with Crippen LogP contribution in [0.4, 0.5) is 26.3 Å². The van der Waals surface area contributed by atoms with Crippen molar-refractivity contribution in [1.29, 1.82) is 0 Å². The van der Waals surface area contributed by atoms with Gasteiger partial charge in [0.15, 0.2) is 0 Å². The van der Waals surface area contributed by atoms with Gasteiger partial charge in [-0.05, 0) is 125 Å². The minimum atomic E-state index is -5.92. The van der Waals surface area contributed by atoms with Crippen LogP contribution in [0.1, 0.15) is 7.43 Å². The van der Waals surface area contributed by atoms with Crippen LogP contribution in [-0.2, 0) is 20.2 Å². The normalized spacial score (nSPS) is 12.5. The molecule has 0 aliphatic heterocycles. The van der Waals surface area contributed by atoms with Crippen LogP contribution in [-0.4, -0.2) is 38.1 Å². The Hall–Kier alpha value is -6.00. The van der Waals surface area contributed by atoms with Crippen molar-refractivity contribution in [1.82, 2.24) is 0 Å². The van der Waals surface area contributed by atoms with Crippen molar-refractivity contribution in [3.63, 3.8) is 0 Å². The largest absolute Gasteiger partial charge is 0.534 e. The summed E-state index contributed by atoms with van der Waals surface area (Å²) in [5.74, 6) is -0.683. The van der Waals surface area contributed by atoms with Crippen LogP contribution in [0, 0.1) is 0 Å². The van der Waals surface area contributed by atoms with E-state index in [2.05, 4.69) is 8.37 Å². The van der Waals surface area contributed by atoms with E-state index in [0.29, 0.717) is 21.5 Å². The molecule has 0 heterocycles. The van der Waals surface area contributed by atoms with E-state index in [1.807, 2.05) is 36.4 Å². The summed E-state index contributed by atoms with van der Waals surface area (Å²) in [5.41, 5.74) is -11.3. The molecular formula is C39H26F6O8S2. The number of hydrogen-bond donors (Lipinski definition) is 2. The maximum absolute atomic E-state index is 12.7. The summed E-state index contributed by atoms with van der Waals surface area (Å²) < 4.78 is 130. The van der Waals surface area contributed by atoms with Gasteiger partial charge in [-0.25, -0.2) is 0 Å². The van der Waals surface area contributed by atoms with E-state index in [1.54, 1.807) is 48.5 Å². The zero-order chi connectivity index (χ0) is 38.8. The monoisotopic (exact) mass is 800 g/mol. The van der Waals surface area contributed by atoms with Crippen molar-refractivity contribution in [3.8, 4) is 23.0 Å². The molecule has 2 N–H and O–H groups in total. The van der Waals surface area contributed by atoms with E-state index >= 15 is 0 Å². The van der Waals surface area contributed by atoms with Gasteiger partial charge in [0.25, 0.3) is 0 Å². The van der Waals surface area contributed by atoms with Gasteiger partial charge in [0.05, 0.1) is 0 Å². The number of alkyl halides is 6. The highest BCUT2D eigenvalue weighted by Gasteiger charge is 2.49. The summed E-state index contributed by atoms with van der Waals surface area (Å²) in [5, 5.41) is 28.0. The molecule has 0 saturated carbocycles.